The zero-order valence-electron chi connectivity index (χ0n) is 11.8. The number of hydrogen-bond donors (Lipinski definition) is 1. The van der Waals surface area contributed by atoms with E-state index in [4.69, 9.17) is 5.11 Å². The first-order valence-corrected chi connectivity index (χ1v) is 7.08. The molecule has 0 aromatic heterocycles. The van der Waals surface area contributed by atoms with Crippen molar-refractivity contribution in [3.63, 3.8) is 0 Å². The van der Waals surface area contributed by atoms with E-state index >= 15 is 0 Å². The molecule has 0 saturated carbocycles. The van der Waals surface area contributed by atoms with Crippen LogP contribution in [0.3, 0.4) is 0 Å². The normalized spacial score (nSPS) is 14.2. The van der Waals surface area contributed by atoms with E-state index in [1.54, 1.807) is 6.08 Å². The zero-order chi connectivity index (χ0) is 14.4. The molecule has 1 aromatic rings. The lowest BCUT2D eigenvalue weighted by atomic mass is 10.0. The quantitative estimate of drug-likeness (QED) is 0.798. The highest BCUT2D eigenvalue weighted by Gasteiger charge is 2.23. The molecular weight excluding hydrogens is 252 g/mol. The Kier molecular flexibility index (Phi) is 5.32. The Hall–Kier alpha value is -1.65. The Balaban J connectivity index is 2.08. The Labute approximate surface area is 120 Å². The smallest absolute Gasteiger partial charge is 0.241 e. The molecule has 1 aliphatic heterocycles. The number of hydrogen-bond acceptors (Lipinski definition) is 3. The highest BCUT2D eigenvalue weighted by Crippen LogP contribution is 2.26. The lowest BCUT2D eigenvalue weighted by Crippen LogP contribution is -2.43. The fourth-order valence-electron chi connectivity index (χ4n) is 2.63. The van der Waals surface area contributed by atoms with Gasteiger partial charge in [-0.25, -0.2) is 0 Å². The third kappa shape index (κ3) is 3.46. The summed E-state index contributed by atoms with van der Waals surface area (Å²) in [6.07, 6.45) is 3.80. The fraction of sp³-hybridized carbons (Fsp3) is 0.438. The van der Waals surface area contributed by atoms with Crippen LogP contribution in [0.4, 0.5) is 5.69 Å². The molecule has 0 atom stereocenters. The molecule has 0 saturated heterocycles. The molecule has 1 aromatic carbocycles. The minimum absolute atomic E-state index is 0.0533. The number of para-hydroxylation sites is 1. The summed E-state index contributed by atoms with van der Waals surface area (Å²) in [5.41, 5.74) is 2.27. The van der Waals surface area contributed by atoms with E-state index in [0.717, 1.165) is 25.1 Å². The second-order valence-electron chi connectivity index (χ2n) is 5.03. The molecule has 108 valence electrons. The van der Waals surface area contributed by atoms with Crippen molar-refractivity contribution in [1.82, 2.24) is 4.90 Å². The van der Waals surface area contributed by atoms with Gasteiger partial charge < -0.3 is 10.0 Å². The van der Waals surface area contributed by atoms with Gasteiger partial charge in [0, 0.05) is 25.3 Å². The van der Waals surface area contributed by atoms with E-state index in [-0.39, 0.29) is 12.5 Å². The van der Waals surface area contributed by atoms with Gasteiger partial charge in [0.1, 0.15) is 0 Å². The minimum atomic E-state index is 0.0533. The van der Waals surface area contributed by atoms with Crippen LogP contribution in [0.1, 0.15) is 12.0 Å². The maximum Gasteiger partial charge on any atom is 0.241 e. The van der Waals surface area contributed by atoms with Gasteiger partial charge in [0.25, 0.3) is 0 Å². The molecule has 0 aliphatic carbocycles. The largest absolute Gasteiger partial charge is 0.395 e. The van der Waals surface area contributed by atoms with E-state index in [2.05, 4.69) is 12.6 Å². The average molecular weight is 274 g/mol. The van der Waals surface area contributed by atoms with Crippen LogP contribution in [0.2, 0.25) is 0 Å². The summed E-state index contributed by atoms with van der Waals surface area (Å²) < 4.78 is 0. The van der Waals surface area contributed by atoms with E-state index in [1.165, 1.54) is 5.56 Å². The van der Waals surface area contributed by atoms with Gasteiger partial charge in [0.2, 0.25) is 5.91 Å². The van der Waals surface area contributed by atoms with Crippen LogP contribution in [0.5, 0.6) is 0 Å². The van der Waals surface area contributed by atoms with E-state index in [9.17, 15) is 4.79 Å². The third-order valence-corrected chi connectivity index (χ3v) is 3.57. The molecule has 2 rings (SSSR count). The van der Waals surface area contributed by atoms with E-state index in [1.807, 2.05) is 28.0 Å². The molecule has 1 aliphatic rings. The molecule has 0 spiro atoms. The topological polar surface area (TPSA) is 43.8 Å². The van der Waals surface area contributed by atoms with Crippen LogP contribution in [0, 0.1) is 0 Å². The monoisotopic (exact) mass is 274 g/mol. The molecule has 1 N–H and O–H groups in total. The molecule has 0 radical (unpaired) electrons. The van der Waals surface area contributed by atoms with Crippen molar-refractivity contribution in [2.75, 3.05) is 37.7 Å². The number of carbonyl (C=O) groups excluding carboxylic acids is 1. The number of carbonyl (C=O) groups is 1. The van der Waals surface area contributed by atoms with Crippen molar-refractivity contribution in [2.45, 2.75) is 12.8 Å². The lowest BCUT2D eigenvalue weighted by Gasteiger charge is -2.31. The summed E-state index contributed by atoms with van der Waals surface area (Å²) >= 11 is 0. The Bertz CT molecular complexity index is 473. The van der Waals surface area contributed by atoms with Gasteiger partial charge in [-0.15, -0.1) is 6.58 Å². The first kappa shape index (κ1) is 14.8. The van der Waals surface area contributed by atoms with Gasteiger partial charge in [0.05, 0.1) is 13.2 Å². The van der Waals surface area contributed by atoms with Gasteiger partial charge in [-0.05, 0) is 24.5 Å². The SMILES string of the molecule is C=CCN(CCO)CC(=O)N1CCCc2ccccc21. The first-order chi connectivity index (χ1) is 9.76. The predicted molar refractivity (Wildman–Crippen MR) is 80.8 cm³/mol. The minimum Gasteiger partial charge on any atom is -0.395 e. The van der Waals surface area contributed by atoms with Crippen LogP contribution in [0.25, 0.3) is 0 Å². The molecule has 1 heterocycles. The van der Waals surface area contributed by atoms with Gasteiger partial charge in [-0.2, -0.15) is 0 Å². The molecule has 20 heavy (non-hydrogen) atoms. The molecule has 4 heteroatoms. The van der Waals surface area contributed by atoms with Crippen LogP contribution < -0.4 is 4.90 Å². The summed E-state index contributed by atoms with van der Waals surface area (Å²) in [6, 6.07) is 8.09. The number of rotatable bonds is 6. The summed E-state index contributed by atoms with van der Waals surface area (Å²) in [7, 11) is 0. The standard InChI is InChI=1S/C16H22N2O2/c1-2-9-17(11-12-19)13-16(20)18-10-5-7-14-6-3-4-8-15(14)18/h2-4,6,8,19H,1,5,7,9-13H2. The molecule has 0 unspecified atom stereocenters. The van der Waals surface area contributed by atoms with Gasteiger partial charge in [0.15, 0.2) is 0 Å². The van der Waals surface area contributed by atoms with E-state index in [0.29, 0.717) is 19.6 Å². The predicted octanol–water partition coefficient (Wildman–Crippen LogP) is 1.45. The highest BCUT2D eigenvalue weighted by molar-refractivity contribution is 5.95. The van der Waals surface area contributed by atoms with Crippen molar-refractivity contribution in [2.24, 2.45) is 0 Å². The summed E-state index contributed by atoms with van der Waals surface area (Å²) in [5, 5.41) is 9.04. The average Bonchev–Trinajstić information content (AvgIpc) is 2.47. The molecular formula is C16H22N2O2. The molecule has 0 bridgehead atoms. The number of nitrogens with zero attached hydrogens (tertiary/aromatic N) is 2. The second kappa shape index (κ2) is 7.22. The van der Waals surface area contributed by atoms with Crippen LogP contribution in [0.15, 0.2) is 36.9 Å². The number of aliphatic hydroxyl groups is 1. The van der Waals surface area contributed by atoms with Gasteiger partial charge >= 0.3 is 0 Å². The summed E-state index contributed by atoms with van der Waals surface area (Å²) in [4.78, 5) is 16.3. The fourth-order valence-corrected chi connectivity index (χ4v) is 2.63. The Morgan fingerprint density at radius 2 is 2.25 bits per heavy atom. The van der Waals surface area contributed by atoms with Gasteiger partial charge in [-0.1, -0.05) is 24.3 Å². The number of fused-ring (bicyclic) bond motifs is 1. The third-order valence-electron chi connectivity index (χ3n) is 3.57. The number of aliphatic hydroxyl groups excluding tert-OH is 1. The Morgan fingerprint density at radius 1 is 1.45 bits per heavy atom. The first-order valence-electron chi connectivity index (χ1n) is 7.08. The van der Waals surface area contributed by atoms with Crippen LogP contribution >= 0.6 is 0 Å². The lowest BCUT2D eigenvalue weighted by molar-refractivity contribution is -0.119. The Morgan fingerprint density at radius 3 is 3.00 bits per heavy atom. The maximum atomic E-state index is 12.5. The summed E-state index contributed by atoms with van der Waals surface area (Å²) in [5.74, 6) is 0.0902. The maximum absolute atomic E-state index is 12.5. The van der Waals surface area contributed by atoms with Crippen molar-refractivity contribution in [3.8, 4) is 0 Å². The van der Waals surface area contributed by atoms with Gasteiger partial charge in [-0.3, -0.25) is 9.69 Å². The number of aryl methyl sites for hydroxylation is 1. The second-order valence-corrected chi connectivity index (χ2v) is 5.03. The number of benzene rings is 1. The van der Waals surface area contributed by atoms with E-state index < -0.39 is 0 Å². The molecule has 4 nitrogen and oxygen atoms in total. The van der Waals surface area contributed by atoms with Crippen LogP contribution in [-0.2, 0) is 11.2 Å². The molecule has 1 amide bonds. The molecule has 0 fully saturated rings. The van der Waals surface area contributed by atoms with Crippen molar-refractivity contribution < 1.29 is 9.90 Å². The number of amides is 1. The van der Waals surface area contributed by atoms with Crippen molar-refractivity contribution in [3.05, 3.63) is 42.5 Å². The zero-order valence-corrected chi connectivity index (χ0v) is 11.8. The van der Waals surface area contributed by atoms with Crippen molar-refractivity contribution in [1.29, 1.82) is 0 Å². The highest BCUT2D eigenvalue weighted by atomic mass is 16.3. The summed E-state index contributed by atoms with van der Waals surface area (Å²) in [6.45, 7) is 5.94. The van der Waals surface area contributed by atoms with Crippen LogP contribution in [-0.4, -0.2) is 48.7 Å². The van der Waals surface area contributed by atoms with Crippen molar-refractivity contribution >= 4 is 11.6 Å². The number of anilines is 1.